The number of hydrogen-bond donors (Lipinski definition) is 2. The lowest BCUT2D eigenvalue weighted by Crippen LogP contribution is -2.43. The van der Waals surface area contributed by atoms with Crippen molar-refractivity contribution in [2.45, 2.75) is 51.8 Å². The van der Waals surface area contributed by atoms with Crippen LogP contribution in [0.4, 0.5) is 20.6 Å². The average molecular weight is 694 g/mol. The number of anilines is 2. The highest BCUT2D eigenvalue weighted by molar-refractivity contribution is 6.39. The van der Waals surface area contributed by atoms with Crippen molar-refractivity contribution in [3.05, 3.63) is 93.8 Å². The minimum Gasteiger partial charge on any atom is -0.496 e. The molecule has 0 unspecified atom stereocenters. The zero-order valence-electron chi connectivity index (χ0n) is 26.9. The number of aldehydes is 1. The fourth-order valence-corrected chi connectivity index (χ4v) is 6.01. The Morgan fingerprint density at radius 1 is 1.08 bits per heavy atom. The first-order chi connectivity index (χ1) is 22.9. The van der Waals surface area contributed by atoms with Crippen LogP contribution in [0.5, 0.6) is 5.75 Å². The van der Waals surface area contributed by atoms with Crippen molar-refractivity contribution >= 4 is 52.9 Å². The summed E-state index contributed by atoms with van der Waals surface area (Å²) in [6, 6.07) is 16.7. The summed E-state index contributed by atoms with van der Waals surface area (Å²) in [4.78, 5) is 42.4. The lowest BCUT2D eigenvalue weighted by atomic mass is 10.0. The molecule has 0 radical (unpaired) electrons. The molecule has 9 nitrogen and oxygen atoms in total. The third-order valence-corrected chi connectivity index (χ3v) is 8.49. The molecule has 4 aromatic rings. The van der Waals surface area contributed by atoms with E-state index in [9.17, 15) is 18.8 Å². The molecule has 12 heteroatoms. The van der Waals surface area contributed by atoms with Gasteiger partial charge in [-0.2, -0.15) is 0 Å². The molecule has 1 aromatic heterocycles. The number of amides is 2. The number of nitrogens with zero attached hydrogens (tertiary/aromatic N) is 2. The van der Waals surface area contributed by atoms with Crippen LogP contribution in [0.15, 0.2) is 66.9 Å². The topological polar surface area (TPSA) is 110 Å². The molecular formula is C36H35Cl2FN4O5. The number of pyridine rings is 1. The molecule has 1 aliphatic rings. The first-order valence-electron chi connectivity index (χ1n) is 15.3. The van der Waals surface area contributed by atoms with Crippen LogP contribution in [-0.4, -0.2) is 53.5 Å². The van der Waals surface area contributed by atoms with Gasteiger partial charge in [-0.3, -0.25) is 14.6 Å². The van der Waals surface area contributed by atoms with Gasteiger partial charge in [0.1, 0.15) is 11.4 Å². The predicted molar refractivity (Wildman–Crippen MR) is 185 cm³/mol. The number of carbonyl (C=O) groups is 3. The van der Waals surface area contributed by atoms with Gasteiger partial charge in [-0.25, -0.2) is 9.18 Å². The molecule has 0 spiro atoms. The molecule has 1 saturated heterocycles. The van der Waals surface area contributed by atoms with Gasteiger partial charge in [0.2, 0.25) is 5.91 Å². The zero-order valence-corrected chi connectivity index (χ0v) is 28.4. The summed E-state index contributed by atoms with van der Waals surface area (Å²) in [5, 5.41) is 6.51. The third-order valence-electron chi connectivity index (χ3n) is 7.70. The van der Waals surface area contributed by atoms with Crippen molar-refractivity contribution in [3.63, 3.8) is 0 Å². The molecule has 1 atom stereocenters. The standard InChI is InChI=1S/C36H35Cl2FN4O5/c1-36(2,3)48-35(46)43(19-24-13-14-30(45)41-24)18-22-12-11-21(17-29(22)47-4)34-32(38)26(15-16-40-34)25-8-6-9-27(31(25)37)42-28-10-5-7-23(20-44)33(28)39/h5-12,15-17,20,24,42H,13-14,18-19H2,1-4H3,(H,41,45)/t24-/m0/s1. The van der Waals surface area contributed by atoms with Crippen LogP contribution in [0.2, 0.25) is 10.0 Å². The van der Waals surface area contributed by atoms with Crippen LogP contribution >= 0.6 is 23.2 Å². The number of carbonyl (C=O) groups excluding carboxylic acids is 3. The summed E-state index contributed by atoms with van der Waals surface area (Å²) < 4.78 is 26.2. The monoisotopic (exact) mass is 692 g/mol. The molecule has 1 aliphatic heterocycles. The van der Waals surface area contributed by atoms with E-state index in [1.807, 2.05) is 12.1 Å². The van der Waals surface area contributed by atoms with E-state index in [1.54, 1.807) is 68.3 Å². The minimum absolute atomic E-state index is 0.0415. The van der Waals surface area contributed by atoms with Crippen molar-refractivity contribution in [1.82, 2.24) is 15.2 Å². The highest BCUT2D eigenvalue weighted by atomic mass is 35.5. The molecule has 250 valence electrons. The van der Waals surface area contributed by atoms with Crippen molar-refractivity contribution in [2.24, 2.45) is 0 Å². The van der Waals surface area contributed by atoms with E-state index in [4.69, 9.17) is 32.7 Å². The maximum absolute atomic E-state index is 14.8. The fourth-order valence-electron chi connectivity index (χ4n) is 5.41. The first kappa shape index (κ1) is 34.7. The fraction of sp³-hybridized carbons (Fsp3) is 0.278. The van der Waals surface area contributed by atoms with Gasteiger partial charge in [0.15, 0.2) is 12.1 Å². The van der Waals surface area contributed by atoms with Crippen LogP contribution in [-0.2, 0) is 16.1 Å². The van der Waals surface area contributed by atoms with Crippen LogP contribution < -0.4 is 15.4 Å². The molecule has 2 N–H and O–H groups in total. The van der Waals surface area contributed by atoms with Crippen molar-refractivity contribution in [2.75, 3.05) is 19.0 Å². The Morgan fingerprint density at radius 3 is 2.50 bits per heavy atom. The Kier molecular flexibility index (Phi) is 10.6. The molecule has 2 heterocycles. The Hall–Kier alpha value is -4.67. The summed E-state index contributed by atoms with van der Waals surface area (Å²) >= 11 is 13.8. The van der Waals surface area contributed by atoms with E-state index in [2.05, 4.69) is 15.6 Å². The average Bonchev–Trinajstić information content (AvgIpc) is 3.46. The highest BCUT2D eigenvalue weighted by Gasteiger charge is 2.29. The van der Waals surface area contributed by atoms with Gasteiger partial charge < -0.3 is 25.0 Å². The maximum Gasteiger partial charge on any atom is 0.410 e. The van der Waals surface area contributed by atoms with Gasteiger partial charge in [0.25, 0.3) is 0 Å². The Morgan fingerprint density at radius 2 is 1.81 bits per heavy atom. The van der Waals surface area contributed by atoms with Crippen LogP contribution in [0.1, 0.15) is 49.5 Å². The van der Waals surface area contributed by atoms with E-state index in [-0.39, 0.29) is 36.3 Å². The van der Waals surface area contributed by atoms with Crippen molar-refractivity contribution < 1.29 is 28.2 Å². The molecule has 3 aromatic carbocycles. The summed E-state index contributed by atoms with van der Waals surface area (Å²) in [6.45, 7) is 5.86. The zero-order chi connectivity index (χ0) is 34.6. The van der Waals surface area contributed by atoms with E-state index < -0.39 is 17.5 Å². The number of halogens is 3. The van der Waals surface area contributed by atoms with Crippen LogP contribution in [0.25, 0.3) is 22.4 Å². The van der Waals surface area contributed by atoms with E-state index in [0.717, 1.165) is 5.56 Å². The van der Waals surface area contributed by atoms with Crippen molar-refractivity contribution in [3.8, 4) is 28.1 Å². The number of aromatic nitrogens is 1. The number of nitrogens with one attached hydrogen (secondary N) is 2. The van der Waals surface area contributed by atoms with Gasteiger partial charge in [-0.05, 0) is 57.5 Å². The lowest BCUT2D eigenvalue weighted by molar-refractivity contribution is -0.119. The Labute approximate surface area is 288 Å². The Balaban J connectivity index is 1.44. The van der Waals surface area contributed by atoms with Crippen molar-refractivity contribution in [1.29, 1.82) is 0 Å². The largest absolute Gasteiger partial charge is 0.496 e. The van der Waals surface area contributed by atoms with Crippen LogP contribution in [0.3, 0.4) is 0 Å². The quantitative estimate of drug-likeness (QED) is 0.161. The molecule has 2 amide bonds. The lowest BCUT2D eigenvalue weighted by Gasteiger charge is -2.29. The number of hydrogen-bond acceptors (Lipinski definition) is 7. The minimum atomic E-state index is -0.703. The van der Waals surface area contributed by atoms with E-state index >= 15 is 0 Å². The molecule has 0 aliphatic carbocycles. The van der Waals surface area contributed by atoms with Crippen LogP contribution in [0, 0.1) is 5.82 Å². The SMILES string of the molecule is COc1cc(-c2nccc(-c3cccc(Nc4cccc(C=O)c4F)c3Cl)c2Cl)ccc1CN(C[C@@H]1CCC(=O)N1)C(=O)OC(C)(C)C. The Bertz CT molecular complexity index is 1860. The maximum atomic E-state index is 14.8. The van der Waals surface area contributed by atoms with Gasteiger partial charge in [-0.1, -0.05) is 53.5 Å². The summed E-state index contributed by atoms with van der Waals surface area (Å²) in [5.74, 6) is -0.223. The van der Waals surface area contributed by atoms with E-state index in [1.165, 1.54) is 19.2 Å². The summed E-state index contributed by atoms with van der Waals surface area (Å²) in [6.07, 6.45) is 2.60. The number of ether oxygens (including phenoxy) is 2. The second-order valence-corrected chi connectivity index (χ2v) is 13.1. The van der Waals surface area contributed by atoms with Gasteiger partial charge >= 0.3 is 6.09 Å². The smallest absolute Gasteiger partial charge is 0.410 e. The molecule has 5 rings (SSSR count). The second-order valence-electron chi connectivity index (χ2n) is 12.3. The van der Waals surface area contributed by atoms with Gasteiger partial charge in [0, 0.05) is 47.5 Å². The molecule has 0 saturated carbocycles. The predicted octanol–water partition coefficient (Wildman–Crippen LogP) is 8.44. The number of benzene rings is 3. The second kappa shape index (κ2) is 14.6. The van der Waals surface area contributed by atoms with E-state index in [0.29, 0.717) is 63.0 Å². The molecule has 48 heavy (non-hydrogen) atoms. The number of rotatable bonds is 10. The summed E-state index contributed by atoms with van der Waals surface area (Å²) in [5.41, 5.74) is 2.77. The molecule has 0 bridgehead atoms. The number of methoxy groups -OCH3 is 1. The molecular weight excluding hydrogens is 658 g/mol. The first-order valence-corrected chi connectivity index (χ1v) is 16.0. The highest BCUT2D eigenvalue weighted by Crippen LogP contribution is 2.42. The summed E-state index contributed by atoms with van der Waals surface area (Å²) in [7, 11) is 1.54. The third kappa shape index (κ3) is 7.89. The normalized spacial score (nSPS) is 14.3. The molecule has 1 fully saturated rings. The van der Waals surface area contributed by atoms with Gasteiger partial charge in [-0.15, -0.1) is 0 Å². The van der Waals surface area contributed by atoms with Gasteiger partial charge in [0.05, 0.1) is 46.3 Å².